The van der Waals surface area contributed by atoms with Crippen molar-refractivity contribution in [2.24, 2.45) is 0 Å². The second-order valence-electron chi connectivity index (χ2n) is 5.45. The van der Waals surface area contributed by atoms with Gasteiger partial charge in [-0.3, -0.25) is 0 Å². The summed E-state index contributed by atoms with van der Waals surface area (Å²) in [5, 5.41) is 10.2. The lowest BCUT2D eigenvalue weighted by Crippen LogP contribution is -2.02. The molecule has 106 valence electrons. The van der Waals surface area contributed by atoms with Crippen molar-refractivity contribution in [3.63, 3.8) is 0 Å². The van der Waals surface area contributed by atoms with E-state index in [-0.39, 0.29) is 0 Å². The van der Waals surface area contributed by atoms with Crippen LogP contribution in [0.25, 0.3) is 10.9 Å². The monoisotopic (exact) mass is 279 g/mol. The zero-order valence-electron chi connectivity index (χ0n) is 12.1. The van der Waals surface area contributed by atoms with Gasteiger partial charge in [-0.15, -0.1) is 0 Å². The van der Waals surface area contributed by atoms with Crippen LogP contribution in [0.1, 0.15) is 27.0 Å². The Morgan fingerprint density at radius 1 is 1.10 bits per heavy atom. The molecule has 0 amide bonds. The van der Waals surface area contributed by atoms with Gasteiger partial charge in [-0.2, -0.15) is 0 Å². The Hall–Kier alpha value is -2.55. The molecule has 0 fully saturated rings. The predicted molar refractivity (Wildman–Crippen MR) is 83.9 cm³/mol. The molecule has 0 atom stereocenters. The maximum Gasteiger partial charge on any atom is 0.335 e. The largest absolute Gasteiger partial charge is 0.478 e. The summed E-state index contributed by atoms with van der Waals surface area (Å²) in [5.41, 5.74) is 5.02. The van der Waals surface area contributed by atoms with Crippen LogP contribution in [-0.4, -0.2) is 15.6 Å². The van der Waals surface area contributed by atoms with Gasteiger partial charge in [-0.25, -0.2) is 4.79 Å². The van der Waals surface area contributed by atoms with Gasteiger partial charge in [0.05, 0.1) is 5.56 Å². The number of hydrogen-bond acceptors (Lipinski definition) is 1. The Kier molecular flexibility index (Phi) is 3.26. The third-order valence-corrected chi connectivity index (χ3v) is 3.87. The topological polar surface area (TPSA) is 42.2 Å². The molecular weight excluding hydrogens is 262 g/mol. The molecule has 0 aliphatic rings. The summed E-state index contributed by atoms with van der Waals surface area (Å²) in [4.78, 5) is 11.1. The zero-order valence-corrected chi connectivity index (χ0v) is 12.1. The van der Waals surface area contributed by atoms with E-state index >= 15 is 0 Å². The maximum absolute atomic E-state index is 11.1. The van der Waals surface area contributed by atoms with E-state index in [1.165, 1.54) is 16.7 Å². The highest BCUT2D eigenvalue weighted by molar-refractivity contribution is 5.93. The standard InChI is InChI=1S/C18H17NO2/c1-12-3-4-13(2)16(9-12)11-19-8-7-14-5-6-15(18(20)21)10-17(14)19/h3-10H,11H2,1-2H3,(H,20,21). The van der Waals surface area contributed by atoms with E-state index in [0.717, 1.165) is 17.4 Å². The van der Waals surface area contributed by atoms with Crippen molar-refractivity contribution in [1.82, 2.24) is 4.57 Å². The maximum atomic E-state index is 11.1. The second kappa shape index (κ2) is 5.09. The van der Waals surface area contributed by atoms with Gasteiger partial charge in [0, 0.05) is 18.3 Å². The fourth-order valence-electron chi connectivity index (χ4n) is 2.61. The lowest BCUT2D eigenvalue weighted by molar-refractivity contribution is 0.0697. The summed E-state index contributed by atoms with van der Waals surface area (Å²) in [7, 11) is 0. The van der Waals surface area contributed by atoms with Crippen molar-refractivity contribution in [3.8, 4) is 0 Å². The van der Waals surface area contributed by atoms with Crippen LogP contribution >= 0.6 is 0 Å². The molecule has 3 nitrogen and oxygen atoms in total. The average molecular weight is 279 g/mol. The fraction of sp³-hybridized carbons (Fsp3) is 0.167. The second-order valence-corrected chi connectivity index (χ2v) is 5.45. The Morgan fingerprint density at radius 2 is 1.90 bits per heavy atom. The quantitative estimate of drug-likeness (QED) is 0.787. The van der Waals surface area contributed by atoms with Crippen molar-refractivity contribution in [1.29, 1.82) is 0 Å². The van der Waals surface area contributed by atoms with Gasteiger partial charge >= 0.3 is 5.97 Å². The Morgan fingerprint density at radius 3 is 2.67 bits per heavy atom. The smallest absolute Gasteiger partial charge is 0.335 e. The first kappa shape index (κ1) is 13.4. The Bertz CT molecular complexity index is 830. The summed E-state index contributed by atoms with van der Waals surface area (Å²) < 4.78 is 2.10. The molecule has 3 heteroatoms. The van der Waals surface area contributed by atoms with Crippen molar-refractivity contribution < 1.29 is 9.90 Å². The number of aromatic nitrogens is 1. The molecule has 1 aromatic heterocycles. The van der Waals surface area contributed by atoms with Crippen molar-refractivity contribution in [2.75, 3.05) is 0 Å². The molecule has 1 heterocycles. The first-order valence-corrected chi connectivity index (χ1v) is 6.93. The van der Waals surface area contributed by atoms with Crippen molar-refractivity contribution in [2.45, 2.75) is 20.4 Å². The van der Waals surface area contributed by atoms with Crippen LogP contribution in [0.15, 0.2) is 48.7 Å². The molecule has 2 aromatic carbocycles. The molecule has 3 rings (SSSR count). The summed E-state index contributed by atoms with van der Waals surface area (Å²) in [5.74, 6) is -0.892. The van der Waals surface area contributed by atoms with Crippen LogP contribution in [0.3, 0.4) is 0 Å². The molecule has 0 spiro atoms. The number of carboxylic acids is 1. The van der Waals surface area contributed by atoms with Crippen LogP contribution in [0.4, 0.5) is 0 Å². The highest BCUT2D eigenvalue weighted by Crippen LogP contribution is 2.20. The molecule has 0 bridgehead atoms. The van der Waals surface area contributed by atoms with E-state index in [9.17, 15) is 4.79 Å². The number of aromatic carboxylic acids is 1. The normalized spacial score (nSPS) is 11.0. The van der Waals surface area contributed by atoms with Gasteiger partial charge in [0.25, 0.3) is 0 Å². The SMILES string of the molecule is Cc1ccc(C)c(Cn2ccc3ccc(C(=O)O)cc32)c1. The first-order valence-electron chi connectivity index (χ1n) is 6.93. The Balaban J connectivity index is 2.06. The van der Waals surface area contributed by atoms with E-state index in [1.54, 1.807) is 12.1 Å². The van der Waals surface area contributed by atoms with Crippen LogP contribution in [0.5, 0.6) is 0 Å². The minimum absolute atomic E-state index is 0.323. The van der Waals surface area contributed by atoms with Gasteiger partial charge in [-0.1, -0.05) is 29.8 Å². The average Bonchev–Trinajstić information content (AvgIpc) is 2.85. The predicted octanol–water partition coefficient (Wildman–Crippen LogP) is 4.00. The summed E-state index contributed by atoms with van der Waals surface area (Å²) in [6, 6.07) is 13.7. The van der Waals surface area contributed by atoms with Gasteiger partial charge in [0.1, 0.15) is 0 Å². The van der Waals surface area contributed by atoms with E-state index in [1.807, 2.05) is 18.3 Å². The molecule has 0 unspecified atom stereocenters. The molecule has 0 radical (unpaired) electrons. The van der Waals surface area contributed by atoms with Crippen molar-refractivity contribution in [3.05, 3.63) is 70.9 Å². The molecule has 0 aliphatic heterocycles. The number of benzene rings is 2. The van der Waals surface area contributed by atoms with E-state index in [0.29, 0.717) is 5.56 Å². The molecule has 0 saturated heterocycles. The van der Waals surface area contributed by atoms with Crippen LogP contribution in [0, 0.1) is 13.8 Å². The van der Waals surface area contributed by atoms with Crippen LogP contribution in [-0.2, 0) is 6.54 Å². The molecule has 0 aliphatic carbocycles. The molecule has 1 N–H and O–H groups in total. The van der Waals surface area contributed by atoms with E-state index in [4.69, 9.17) is 5.11 Å². The van der Waals surface area contributed by atoms with Crippen LogP contribution in [0.2, 0.25) is 0 Å². The number of aryl methyl sites for hydroxylation is 2. The highest BCUT2D eigenvalue weighted by Gasteiger charge is 2.08. The molecular formula is C18H17NO2. The minimum atomic E-state index is -0.892. The molecule has 3 aromatic rings. The van der Waals surface area contributed by atoms with Crippen molar-refractivity contribution >= 4 is 16.9 Å². The van der Waals surface area contributed by atoms with Gasteiger partial charge in [0.2, 0.25) is 0 Å². The Labute approximate surface area is 123 Å². The van der Waals surface area contributed by atoms with E-state index < -0.39 is 5.97 Å². The number of carbonyl (C=O) groups is 1. The number of hydrogen-bond donors (Lipinski definition) is 1. The molecule has 21 heavy (non-hydrogen) atoms. The third kappa shape index (κ3) is 2.55. The highest BCUT2D eigenvalue weighted by atomic mass is 16.4. The fourth-order valence-corrected chi connectivity index (χ4v) is 2.61. The van der Waals surface area contributed by atoms with Crippen LogP contribution < -0.4 is 0 Å². The summed E-state index contributed by atoms with van der Waals surface area (Å²) in [6.07, 6.45) is 2.01. The van der Waals surface area contributed by atoms with E-state index in [2.05, 4.69) is 36.6 Å². The molecule has 0 saturated carbocycles. The number of fused-ring (bicyclic) bond motifs is 1. The number of nitrogens with zero attached hydrogens (tertiary/aromatic N) is 1. The number of carboxylic acid groups (broad SMARTS) is 1. The minimum Gasteiger partial charge on any atom is -0.478 e. The van der Waals surface area contributed by atoms with Gasteiger partial charge < -0.3 is 9.67 Å². The lowest BCUT2D eigenvalue weighted by Gasteiger charge is -2.10. The summed E-state index contributed by atoms with van der Waals surface area (Å²) >= 11 is 0. The first-order chi connectivity index (χ1) is 10.0. The third-order valence-electron chi connectivity index (χ3n) is 3.87. The zero-order chi connectivity index (χ0) is 15.0. The van der Waals surface area contributed by atoms with Gasteiger partial charge in [0.15, 0.2) is 0 Å². The lowest BCUT2D eigenvalue weighted by atomic mass is 10.1. The van der Waals surface area contributed by atoms with Gasteiger partial charge in [-0.05, 0) is 48.6 Å². The number of rotatable bonds is 3. The summed E-state index contributed by atoms with van der Waals surface area (Å²) in [6.45, 7) is 4.93.